The molecule has 2 nitrogen and oxygen atoms in total. The minimum atomic E-state index is -0.250. The molecule has 0 aromatic heterocycles. The smallest absolute Gasteiger partial charge is 0.137 e. The van der Waals surface area contributed by atoms with Crippen LogP contribution in [-0.2, 0) is 6.42 Å². The third-order valence-corrected chi connectivity index (χ3v) is 4.21. The Morgan fingerprint density at radius 1 is 1.25 bits per heavy atom. The van der Waals surface area contributed by atoms with Crippen LogP contribution in [0.5, 0.6) is 5.75 Å². The van der Waals surface area contributed by atoms with Crippen molar-refractivity contribution in [2.24, 2.45) is 5.73 Å². The van der Waals surface area contributed by atoms with E-state index in [-0.39, 0.29) is 6.04 Å². The first-order valence-corrected chi connectivity index (χ1v) is 7.59. The summed E-state index contributed by atoms with van der Waals surface area (Å²) < 4.78 is 6.19. The fourth-order valence-electron chi connectivity index (χ4n) is 2.08. The van der Waals surface area contributed by atoms with Gasteiger partial charge in [0.1, 0.15) is 5.75 Å². The van der Waals surface area contributed by atoms with Gasteiger partial charge in [0.05, 0.1) is 11.6 Å². The van der Waals surface area contributed by atoms with Crippen LogP contribution in [0.3, 0.4) is 0 Å². The molecule has 0 amide bonds. The first-order valence-electron chi connectivity index (χ1n) is 6.05. The second kappa shape index (κ2) is 6.81. The zero-order chi connectivity index (χ0) is 14.7. The molecule has 0 aliphatic rings. The second-order valence-electron chi connectivity index (χ2n) is 4.41. The molecule has 0 fully saturated rings. The normalized spacial score (nSPS) is 12.2. The lowest BCUT2D eigenvalue weighted by Gasteiger charge is -2.18. The van der Waals surface area contributed by atoms with Gasteiger partial charge in [-0.05, 0) is 46.1 Å². The molecule has 0 saturated carbocycles. The highest BCUT2D eigenvalue weighted by atomic mass is 79.9. The molecule has 20 heavy (non-hydrogen) atoms. The summed E-state index contributed by atoms with van der Waals surface area (Å²) in [7, 11) is 1.61. The zero-order valence-electron chi connectivity index (χ0n) is 10.9. The summed E-state index contributed by atoms with van der Waals surface area (Å²) in [6.45, 7) is 0. The highest BCUT2D eigenvalue weighted by Gasteiger charge is 2.17. The number of hydrogen-bond acceptors (Lipinski definition) is 2. The minimum absolute atomic E-state index is 0.250. The van der Waals surface area contributed by atoms with E-state index < -0.39 is 0 Å². The Morgan fingerprint density at radius 2 is 1.95 bits per heavy atom. The Kier molecular flexibility index (Phi) is 5.33. The van der Waals surface area contributed by atoms with Crippen molar-refractivity contribution in [3.63, 3.8) is 0 Å². The molecule has 2 aromatic rings. The summed E-state index contributed by atoms with van der Waals surface area (Å²) in [4.78, 5) is 0. The van der Waals surface area contributed by atoms with Crippen molar-refractivity contribution in [2.75, 3.05) is 7.11 Å². The molecule has 0 aliphatic heterocycles. The molecule has 1 unspecified atom stereocenters. The maximum atomic E-state index is 6.29. The predicted molar refractivity (Wildman–Crippen MR) is 87.8 cm³/mol. The van der Waals surface area contributed by atoms with E-state index in [1.165, 1.54) is 0 Å². The Bertz CT molecular complexity index is 619. The highest BCUT2D eigenvalue weighted by Crippen LogP contribution is 2.36. The molecule has 0 saturated heterocycles. The van der Waals surface area contributed by atoms with Crippen LogP contribution in [0.15, 0.2) is 40.9 Å². The predicted octanol–water partition coefficient (Wildman–Crippen LogP) is 5.01. The van der Waals surface area contributed by atoms with Crippen LogP contribution in [0.25, 0.3) is 0 Å². The van der Waals surface area contributed by atoms with Crippen molar-refractivity contribution in [2.45, 2.75) is 12.5 Å². The van der Waals surface area contributed by atoms with Crippen LogP contribution in [0.4, 0.5) is 0 Å². The van der Waals surface area contributed by atoms with E-state index in [1.54, 1.807) is 13.2 Å². The molecule has 0 bridgehead atoms. The van der Waals surface area contributed by atoms with E-state index in [0.29, 0.717) is 22.2 Å². The number of ether oxygens (including phenoxy) is 1. The average molecular weight is 375 g/mol. The Labute approximate surface area is 137 Å². The Morgan fingerprint density at radius 3 is 2.60 bits per heavy atom. The van der Waals surface area contributed by atoms with E-state index in [0.717, 1.165) is 15.6 Å². The lowest BCUT2D eigenvalue weighted by Crippen LogP contribution is -2.15. The van der Waals surface area contributed by atoms with Crippen molar-refractivity contribution < 1.29 is 4.74 Å². The van der Waals surface area contributed by atoms with Gasteiger partial charge in [-0.25, -0.2) is 0 Å². The molecule has 0 spiro atoms. The first-order chi connectivity index (χ1) is 9.52. The van der Waals surface area contributed by atoms with Gasteiger partial charge in [0.25, 0.3) is 0 Å². The Hall–Kier alpha value is -0.740. The molecule has 0 aliphatic carbocycles. The molecule has 0 radical (unpaired) electrons. The average Bonchev–Trinajstić information content (AvgIpc) is 2.40. The third kappa shape index (κ3) is 3.47. The van der Waals surface area contributed by atoms with Crippen molar-refractivity contribution >= 4 is 39.1 Å². The lowest BCUT2D eigenvalue weighted by atomic mass is 9.99. The summed E-state index contributed by atoms with van der Waals surface area (Å²) in [6.07, 6.45) is 0.614. The van der Waals surface area contributed by atoms with Gasteiger partial charge in [-0.2, -0.15) is 0 Å². The third-order valence-electron chi connectivity index (χ3n) is 3.04. The highest BCUT2D eigenvalue weighted by molar-refractivity contribution is 9.10. The summed E-state index contributed by atoms with van der Waals surface area (Å²) >= 11 is 15.7. The second-order valence-corrected chi connectivity index (χ2v) is 6.11. The van der Waals surface area contributed by atoms with Crippen LogP contribution < -0.4 is 10.5 Å². The van der Waals surface area contributed by atoms with Gasteiger partial charge in [-0.3, -0.25) is 0 Å². The molecule has 2 rings (SSSR count). The van der Waals surface area contributed by atoms with Gasteiger partial charge in [0, 0.05) is 21.7 Å². The number of methoxy groups -OCH3 is 1. The largest absolute Gasteiger partial charge is 0.495 e. The Balaban J connectivity index is 2.34. The van der Waals surface area contributed by atoms with Crippen LogP contribution in [0.1, 0.15) is 17.2 Å². The molecule has 0 heterocycles. The summed E-state index contributed by atoms with van der Waals surface area (Å²) in [6, 6.07) is 11.0. The van der Waals surface area contributed by atoms with E-state index in [1.807, 2.05) is 30.3 Å². The van der Waals surface area contributed by atoms with Gasteiger partial charge in [-0.15, -0.1) is 0 Å². The van der Waals surface area contributed by atoms with E-state index in [9.17, 15) is 0 Å². The molecule has 1 atom stereocenters. The monoisotopic (exact) mass is 373 g/mol. The van der Waals surface area contributed by atoms with Crippen molar-refractivity contribution in [3.8, 4) is 5.75 Å². The van der Waals surface area contributed by atoms with Crippen LogP contribution in [-0.4, -0.2) is 7.11 Å². The topological polar surface area (TPSA) is 35.2 Å². The summed E-state index contributed by atoms with van der Waals surface area (Å²) in [5, 5.41) is 1.32. The van der Waals surface area contributed by atoms with Crippen molar-refractivity contribution in [1.29, 1.82) is 0 Å². The number of halogens is 3. The molecule has 2 aromatic carbocycles. The van der Waals surface area contributed by atoms with Crippen molar-refractivity contribution in [1.82, 2.24) is 0 Å². The SMILES string of the molecule is COc1c(Br)cc(Cl)cc1C(N)Cc1ccccc1Cl. The van der Waals surface area contributed by atoms with Crippen LogP contribution >= 0.6 is 39.1 Å². The first kappa shape index (κ1) is 15.6. The van der Waals surface area contributed by atoms with Crippen LogP contribution in [0, 0.1) is 0 Å². The van der Waals surface area contributed by atoms with Crippen molar-refractivity contribution in [3.05, 3.63) is 62.0 Å². The van der Waals surface area contributed by atoms with E-state index >= 15 is 0 Å². The van der Waals surface area contributed by atoms with Gasteiger partial charge in [-0.1, -0.05) is 41.4 Å². The molecule has 5 heteroatoms. The van der Waals surface area contributed by atoms with E-state index in [2.05, 4.69) is 15.9 Å². The zero-order valence-corrected chi connectivity index (χ0v) is 14.0. The molecular formula is C15H14BrCl2NO. The maximum Gasteiger partial charge on any atom is 0.137 e. The molecule has 106 valence electrons. The van der Waals surface area contributed by atoms with Crippen LogP contribution in [0.2, 0.25) is 10.0 Å². The molecular weight excluding hydrogens is 361 g/mol. The van der Waals surface area contributed by atoms with Gasteiger partial charge in [0.2, 0.25) is 0 Å². The van der Waals surface area contributed by atoms with Gasteiger partial charge < -0.3 is 10.5 Å². The lowest BCUT2D eigenvalue weighted by molar-refractivity contribution is 0.403. The standard InChI is InChI=1S/C15H14BrCl2NO/c1-20-15-11(7-10(17)8-12(15)16)14(19)6-9-4-2-3-5-13(9)18/h2-5,7-8,14H,6,19H2,1H3. The number of nitrogens with two attached hydrogens (primary N) is 1. The van der Waals surface area contributed by atoms with E-state index in [4.69, 9.17) is 33.7 Å². The summed E-state index contributed by atoms with van der Waals surface area (Å²) in [5.74, 6) is 0.703. The number of rotatable bonds is 4. The minimum Gasteiger partial charge on any atom is -0.495 e. The maximum absolute atomic E-state index is 6.29. The van der Waals surface area contributed by atoms with Gasteiger partial charge >= 0.3 is 0 Å². The fraction of sp³-hybridized carbons (Fsp3) is 0.200. The number of benzene rings is 2. The molecule has 2 N–H and O–H groups in total. The fourth-order valence-corrected chi connectivity index (χ4v) is 3.29. The van der Waals surface area contributed by atoms with Gasteiger partial charge in [0.15, 0.2) is 0 Å². The summed E-state index contributed by atoms with van der Waals surface area (Å²) in [5.41, 5.74) is 8.15. The number of hydrogen-bond donors (Lipinski definition) is 1. The quantitative estimate of drug-likeness (QED) is 0.816.